The van der Waals surface area contributed by atoms with Crippen LogP contribution in [0, 0.1) is 6.92 Å². The Morgan fingerprint density at radius 2 is 1.79 bits per heavy atom. The van der Waals surface area contributed by atoms with Crippen molar-refractivity contribution < 1.29 is 10.0 Å². The number of thioether (sulfide) groups is 1. The molecule has 0 aliphatic carbocycles. The van der Waals surface area contributed by atoms with Crippen LogP contribution < -0.4 is 5.46 Å². The first-order valence-electron chi connectivity index (χ1n) is 6.24. The summed E-state index contributed by atoms with van der Waals surface area (Å²) in [4.78, 5) is 0. The van der Waals surface area contributed by atoms with Gasteiger partial charge in [0.15, 0.2) is 0 Å². The maximum Gasteiger partial charge on any atom is 0.488 e. The molecule has 0 amide bonds. The molecule has 0 fully saturated rings. The molecule has 0 atom stereocenters. The van der Waals surface area contributed by atoms with Gasteiger partial charge in [-0.2, -0.15) is 11.8 Å². The van der Waals surface area contributed by atoms with Gasteiger partial charge in [0.2, 0.25) is 0 Å². The monoisotopic (exact) mass is 272 g/mol. The van der Waals surface area contributed by atoms with Gasteiger partial charge in [0.25, 0.3) is 0 Å². The predicted molar refractivity (Wildman–Crippen MR) is 82.4 cm³/mol. The number of rotatable bonds is 5. The van der Waals surface area contributed by atoms with E-state index in [1.807, 2.05) is 18.2 Å². The predicted octanol–water partition coefficient (Wildman–Crippen LogP) is 2.11. The molecule has 0 aliphatic rings. The van der Waals surface area contributed by atoms with E-state index in [1.54, 1.807) is 17.8 Å². The van der Waals surface area contributed by atoms with Gasteiger partial charge in [-0.3, -0.25) is 0 Å². The van der Waals surface area contributed by atoms with Gasteiger partial charge >= 0.3 is 7.12 Å². The Hall–Kier alpha value is -1.23. The van der Waals surface area contributed by atoms with Crippen LogP contribution in [0.25, 0.3) is 0 Å². The molecular weight excluding hydrogens is 255 g/mol. The molecule has 19 heavy (non-hydrogen) atoms. The normalized spacial score (nSPS) is 10.5. The second-order valence-electron chi connectivity index (χ2n) is 4.55. The molecule has 0 saturated carbocycles. The Bertz CT molecular complexity index is 543. The van der Waals surface area contributed by atoms with E-state index in [0.29, 0.717) is 5.46 Å². The molecule has 0 saturated heterocycles. The van der Waals surface area contributed by atoms with Crippen LogP contribution >= 0.6 is 11.8 Å². The Labute approximate surface area is 118 Å². The van der Waals surface area contributed by atoms with Gasteiger partial charge in [-0.25, -0.2) is 0 Å². The van der Waals surface area contributed by atoms with Gasteiger partial charge in [0.1, 0.15) is 0 Å². The zero-order chi connectivity index (χ0) is 13.7. The summed E-state index contributed by atoms with van der Waals surface area (Å²) in [7, 11) is -1.39. The van der Waals surface area contributed by atoms with Crippen LogP contribution in [0.5, 0.6) is 0 Å². The fourth-order valence-corrected chi connectivity index (χ4v) is 3.00. The maximum atomic E-state index is 9.30. The molecule has 4 heteroatoms. The van der Waals surface area contributed by atoms with E-state index in [9.17, 15) is 10.0 Å². The fourth-order valence-electron chi connectivity index (χ4n) is 2.00. The van der Waals surface area contributed by atoms with Crippen molar-refractivity contribution in [3.05, 3.63) is 65.2 Å². The fraction of sp³-hybridized carbons (Fsp3) is 0.200. The molecule has 2 aromatic carbocycles. The first kappa shape index (κ1) is 14.2. The summed E-state index contributed by atoms with van der Waals surface area (Å²) in [5.41, 5.74) is 4.14. The van der Waals surface area contributed by atoms with E-state index in [-0.39, 0.29) is 0 Å². The Balaban J connectivity index is 1.96. The zero-order valence-electron chi connectivity index (χ0n) is 10.9. The molecule has 0 spiro atoms. The summed E-state index contributed by atoms with van der Waals surface area (Å²) in [5, 5.41) is 18.6. The van der Waals surface area contributed by atoms with Crippen molar-refractivity contribution in [1.29, 1.82) is 0 Å². The van der Waals surface area contributed by atoms with E-state index in [0.717, 1.165) is 17.1 Å². The first-order chi connectivity index (χ1) is 9.16. The highest BCUT2D eigenvalue weighted by Gasteiger charge is 2.14. The number of benzene rings is 2. The molecule has 2 N–H and O–H groups in total. The lowest BCUT2D eigenvalue weighted by Gasteiger charge is -2.08. The van der Waals surface area contributed by atoms with E-state index in [4.69, 9.17) is 0 Å². The molecule has 0 radical (unpaired) electrons. The first-order valence-corrected chi connectivity index (χ1v) is 7.39. The van der Waals surface area contributed by atoms with Crippen molar-refractivity contribution in [3.8, 4) is 0 Å². The van der Waals surface area contributed by atoms with E-state index in [2.05, 4.69) is 31.2 Å². The molecule has 98 valence electrons. The van der Waals surface area contributed by atoms with Crippen LogP contribution in [-0.2, 0) is 11.5 Å². The molecule has 0 unspecified atom stereocenters. The van der Waals surface area contributed by atoms with Gasteiger partial charge in [-0.05, 0) is 23.5 Å². The highest BCUT2D eigenvalue weighted by Crippen LogP contribution is 2.17. The molecule has 0 bridgehead atoms. The standard InChI is InChI=1S/C15H17BO2S/c1-12-5-4-6-13(9-12)10-19-11-14-7-2-3-8-15(14)16(17)18/h2-9,17-18H,10-11H2,1H3. The largest absolute Gasteiger partial charge is 0.488 e. The average Bonchev–Trinajstić information content (AvgIpc) is 2.39. The number of aryl methyl sites for hydroxylation is 1. The molecule has 0 aliphatic heterocycles. The van der Waals surface area contributed by atoms with E-state index < -0.39 is 7.12 Å². The second-order valence-corrected chi connectivity index (χ2v) is 5.54. The van der Waals surface area contributed by atoms with Crippen molar-refractivity contribution in [3.63, 3.8) is 0 Å². The van der Waals surface area contributed by atoms with Crippen molar-refractivity contribution in [1.82, 2.24) is 0 Å². The van der Waals surface area contributed by atoms with E-state index in [1.165, 1.54) is 11.1 Å². The SMILES string of the molecule is Cc1cccc(CSCc2ccccc2B(O)O)c1. The molecule has 2 rings (SSSR count). The second kappa shape index (κ2) is 6.80. The van der Waals surface area contributed by atoms with Crippen molar-refractivity contribution >= 4 is 24.3 Å². The summed E-state index contributed by atoms with van der Waals surface area (Å²) >= 11 is 1.78. The topological polar surface area (TPSA) is 40.5 Å². The third kappa shape index (κ3) is 4.13. The van der Waals surface area contributed by atoms with Crippen LogP contribution in [-0.4, -0.2) is 17.2 Å². The smallest absolute Gasteiger partial charge is 0.423 e. The third-order valence-electron chi connectivity index (χ3n) is 2.94. The van der Waals surface area contributed by atoms with E-state index >= 15 is 0 Å². The van der Waals surface area contributed by atoms with Crippen molar-refractivity contribution in [2.24, 2.45) is 0 Å². The Kier molecular flexibility index (Phi) is 5.08. The minimum absolute atomic E-state index is 0.597. The van der Waals surface area contributed by atoms with Crippen LogP contribution in [0.15, 0.2) is 48.5 Å². The van der Waals surface area contributed by atoms with Crippen LogP contribution in [0.3, 0.4) is 0 Å². The number of hydrogen-bond donors (Lipinski definition) is 2. The third-order valence-corrected chi connectivity index (χ3v) is 3.99. The summed E-state index contributed by atoms with van der Waals surface area (Å²) in [6.07, 6.45) is 0. The zero-order valence-corrected chi connectivity index (χ0v) is 11.7. The molecule has 2 aromatic rings. The lowest BCUT2D eigenvalue weighted by Crippen LogP contribution is -2.32. The highest BCUT2D eigenvalue weighted by atomic mass is 32.2. The Morgan fingerprint density at radius 1 is 1.00 bits per heavy atom. The quantitative estimate of drug-likeness (QED) is 0.819. The molecule has 0 aromatic heterocycles. The van der Waals surface area contributed by atoms with Gasteiger partial charge in [-0.15, -0.1) is 0 Å². The minimum atomic E-state index is -1.39. The van der Waals surface area contributed by atoms with Gasteiger partial charge in [0.05, 0.1) is 0 Å². The van der Waals surface area contributed by atoms with Gasteiger partial charge < -0.3 is 10.0 Å². The minimum Gasteiger partial charge on any atom is -0.423 e. The summed E-state index contributed by atoms with van der Waals surface area (Å²) < 4.78 is 0. The van der Waals surface area contributed by atoms with Gasteiger partial charge in [0, 0.05) is 11.5 Å². The summed E-state index contributed by atoms with van der Waals surface area (Å²) in [5.74, 6) is 1.71. The Morgan fingerprint density at radius 3 is 2.53 bits per heavy atom. The summed E-state index contributed by atoms with van der Waals surface area (Å²) in [6.45, 7) is 2.09. The molecule has 2 nitrogen and oxygen atoms in total. The number of hydrogen-bond acceptors (Lipinski definition) is 3. The van der Waals surface area contributed by atoms with Crippen molar-refractivity contribution in [2.75, 3.05) is 0 Å². The van der Waals surface area contributed by atoms with Crippen molar-refractivity contribution in [2.45, 2.75) is 18.4 Å². The lowest BCUT2D eigenvalue weighted by molar-refractivity contribution is 0.425. The lowest BCUT2D eigenvalue weighted by atomic mass is 9.77. The molecular formula is C15H17BO2S. The maximum absolute atomic E-state index is 9.30. The van der Waals surface area contributed by atoms with Crippen LogP contribution in [0.4, 0.5) is 0 Å². The molecule has 0 heterocycles. The van der Waals surface area contributed by atoms with Crippen LogP contribution in [0.1, 0.15) is 16.7 Å². The summed E-state index contributed by atoms with van der Waals surface area (Å²) in [6, 6.07) is 15.9. The average molecular weight is 272 g/mol. The highest BCUT2D eigenvalue weighted by molar-refractivity contribution is 7.97. The van der Waals surface area contributed by atoms with Crippen LogP contribution in [0.2, 0.25) is 0 Å². The van der Waals surface area contributed by atoms with Gasteiger partial charge in [-0.1, -0.05) is 54.1 Å².